The molecule has 0 N–H and O–H groups in total. The fourth-order valence-corrected chi connectivity index (χ4v) is 14.4. The van der Waals surface area contributed by atoms with Crippen LogP contribution in [0, 0.1) is 5.82 Å². The van der Waals surface area contributed by atoms with Crippen LogP contribution < -0.4 is 25.6 Å². The molecular formula is C58H41FN2Si. The van der Waals surface area contributed by atoms with E-state index in [-0.39, 0.29) is 5.82 Å². The van der Waals surface area contributed by atoms with Gasteiger partial charge in [0.1, 0.15) is 5.82 Å². The van der Waals surface area contributed by atoms with E-state index in [1.165, 1.54) is 42.6 Å². The lowest BCUT2D eigenvalue weighted by atomic mass is 10.0. The van der Waals surface area contributed by atoms with Crippen LogP contribution in [0.5, 0.6) is 0 Å². The molecule has 4 heteroatoms. The summed E-state index contributed by atoms with van der Waals surface area (Å²) in [6, 6.07) is 88.5. The van der Waals surface area contributed by atoms with E-state index in [1.807, 2.05) is 12.1 Å². The van der Waals surface area contributed by atoms with E-state index in [9.17, 15) is 4.39 Å². The number of rotatable bonds is 9. The van der Waals surface area contributed by atoms with Crippen LogP contribution in [0.1, 0.15) is 0 Å². The van der Waals surface area contributed by atoms with Crippen LogP contribution >= 0.6 is 0 Å². The maximum Gasteiger partial charge on any atom is 0.179 e. The molecule has 1 aromatic heterocycles. The third-order valence-electron chi connectivity index (χ3n) is 12.4. The van der Waals surface area contributed by atoms with Crippen molar-refractivity contribution in [1.29, 1.82) is 0 Å². The lowest BCUT2D eigenvalue weighted by Gasteiger charge is -2.34. The van der Waals surface area contributed by atoms with Gasteiger partial charge in [-0.2, -0.15) is 0 Å². The Hall–Kier alpha value is -7.79. The SMILES string of the molecule is Fc1ccc(-n2c3ccc(N(c4ccc(-c5ccccc5)cc4)c4cccc5ccccc45)cc3c3cc([Si](c4ccccc4)(c4ccccc4)c4ccccc4)ccc32)cc1. The zero-order valence-electron chi connectivity index (χ0n) is 33.9. The Kier molecular flexibility index (Phi) is 9.41. The fourth-order valence-electron chi connectivity index (χ4n) is 9.58. The van der Waals surface area contributed by atoms with E-state index in [4.69, 9.17) is 0 Å². The van der Waals surface area contributed by atoms with E-state index in [1.54, 1.807) is 12.1 Å². The van der Waals surface area contributed by atoms with Crippen LogP contribution in [0.3, 0.4) is 0 Å². The predicted octanol–water partition coefficient (Wildman–Crippen LogP) is 12.6. The summed E-state index contributed by atoms with van der Waals surface area (Å²) in [5.41, 5.74) is 8.58. The van der Waals surface area contributed by atoms with Gasteiger partial charge in [-0.05, 0) is 104 Å². The van der Waals surface area contributed by atoms with Gasteiger partial charge in [-0.25, -0.2) is 4.39 Å². The largest absolute Gasteiger partial charge is 0.310 e. The molecule has 2 nitrogen and oxygen atoms in total. The topological polar surface area (TPSA) is 8.17 Å². The molecule has 11 rings (SSSR count). The maximum atomic E-state index is 14.5. The van der Waals surface area contributed by atoms with Crippen molar-refractivity contribution < 1.29 is 4.39 Å². The summed E-state index contributed by atoms with van der Waals surface area (Å²) in [5, 5.41) is 9.86. The minimum absolute atomic E-state index is 0.257. The lowest BCUT2D eigenvalue weighted by Crippen LogP contribution is -2.74. The second kappa shape index (κ2) is 15.7. The molecule has 294 valence electrons. The van der Waals surface area contributed by atoms with E-state index in [0.717, 1.165) is 44.6 Å². The van der Waals surface area contributed by atoms with Gasteiger partial charge in [0.15, 0.2) is 8.07 Å². The summed E-state index contributed by atoms with van der Waals surface area (Å²) in [6.45, 7) is 0. The molecule has 0 fully saturated rings. The standard InChI is InChI=1S/C58H41FN2Si/c59-45-30-34-47(35-31-45)61-57-38-36-48(60(56-27-15-19-44-18-13-14-26-53(44)56)46-32-28-43(29-33-46)42-16-5-1-6-17-42)40-54(57)55-41-52(37-39-58(55)61)62(49-20-7-2-8-21-49,50-22-9-3-10-23-50)51-24-11-4-12-25-51/h1-41H. The summed E-state index contributed by atoms with van der Waals surface area (Å²) in [4.78, 5) is 2.39. The number of hydrogen-bond donors (Lipinski definition) is 0. The molecule has 0 bridgehead atoms. The van der Waals surface area contributed by atoms with E-state index in [2.05, 4.69) is 234 Å². The summed E-state index contributed by atoms with van der Waals surface area (Å²) < 4.78 is 16.8. The summed E-state index contributed by atoms with van der Waals surface area (Å²) in [7, 11) is -2.86. The first kappa shape index (κ1) is 37.2. The highest BCUT2D eigenvalue weighted by Gasteiger charge is 2.41. The molecular weight excluding hydrogens is 772 g/mol. The molecule has 0 saturated carbocycles. The van der Waals surface area contributed by atoms with Gasteiger partial charge in [-0.1, -0.05) is 182 Å². The number of nitrogens with zero attached hydrogens (tertiary/aromatic N) is 2. The molecule has 0 aliphatic rings. The van der Waals surface area contributed by atoms with Crippen LogP contribution in [0.15, 0.2) is 249 Å². The monoisotopic (exact) mass is 812 g/mol. The van der Waals surface area contributed by atoms with Crippen molar-refractivity contribution in [2.75, 3.05) is 4.90 Å². The minimum Gasteiger partial charge on any atom is -0.310 e. The van der Waals surface area contributed by atoms with Crippen molar-refractivity contribution in [2.45, 2.75) is 0 Å². The second-order valence-electron chi connectivity index (χ2n) is 15.8. The quantitative estimate of drug-likeness (QED) is 0.104. The highest BCUT2D eigenvalue weighted by Crippen LogP contribution is 2.42. The summed E-state index contributed by atoms with van der Waals surface area (Å²) in [6.07, 6.45) is 0. The fraction of sp³-hybridized carbons (Fsp3) is 0. The van der Waals surface area contributed by atoms with Crippen LogP contribution in [-0.2, 0) is 0 Å². The lowest BCUT2D eigenvalue weighted by molar-refractivity contribution is 0.627. The van der Waals surface area contributed by atoms with Crippen molar-refractivity contribution in [3.63, 3.8) is 0 Å². The van der Waals surface area contributed by atoms with Crippen LogP contribution in [0.2, 0.25) is 0 Å². The van der Waals surface area contributed by atoms with Crippen LogP contribution in [0.4, 0.5) is 21.5 Å². The minimum atomic E-state index is -2.86. The van der Waals surface area contributed by atoms with E-state index >= 15 is 0 Å². The summed E-state index contributed by atoms with van der Waals surface area (Å²) >= 11 is 0. The Morgan fingerprint density at radius 3 is 1.48 bits per heavy atom. The van der Waals surface area contributed by atoms with Crippen molar-refractivity contribution in [2.24, 2.45) is 0 Å². The molecule has 0 spiro atoms. The Balaban J connectivity index is 1.20. The Morgan fingerprint density at radius 1 is 0.355 bits per heavy atom. The van der Waals surface area contributed by atoms with E-state index < -0.39 is 8.07 Å². The third-order valence-corrected chi connectivity index (χ3v) is 17.2. The van der Waals surface area contributed by atoms with Gasteiger partial charge < -0.3 is 9.47 Å². The number of benzene rings is 10. The molecule has 11 aromatic rings. The second-order valence-corrected chi connectivity index (χ2v) is 19.6. The Labute approximate surface area is 362 Å². The molecule has 0 radical (unpaired) electrons. The van der Waals surface area contributed by atoms with Gasteiger partial charge in [-0.15, -0.1) is 0 Å². The first-order valence-corrected chi connectivity index (χ1v) is 23.1. The zero-order valence-corrected chi connectivity index (χ0v) is 34.9. The Bertz CT molecular complexity index is 3230. The first-order valence-electron chi connectivity index (χ1n) is 21.1. The molecule has 0 amide bonds. The van der Waals surface area contributed by atoms with Gasteiger partial charge in [-0.3, -0.25) is 0 Å². The molecule has 1 heterocycles. The highest BCUT2D eigenvalue weighted by molar-refractivity contribution is 7.20. The smallest absolute Gasteiger partial charge is 0.179 e. The van der Waals surface area contributed by atoms with Crippen molar-refractivity contribution in [1.82, 2.24) is 4.57 Å². The van der Waals surface area contributed by atoms with Crippen molar-refractivity contribution >= 4 is 78.5 Å². The molecule has 0 aliphatic carbocycles. The number of hydrogen-bond acceptors (Lipinski definition) is 1. The van der Waals surface area contributed by atoms with Gasteiger partial charge in [0, 0.05) is 33.2 Å². The summed E-state index contributed by atoms with van der Waals surface area (Å²) in [5.74, 6) is -0.257. The van der Waals surface area contributed by atoms with E-state index in [0.29, 0.717) is 0 Å². The maximum absolute atomic E-state index is 14.5. The third kappa shape index (κ3) is 6.32. The number of halogens is 1. The molecule has 62 heavy (non-hydrogen) atoms. The number of anilines is 3. The zero-order chi connectivity index (χ0) is 41.5. The predicted molar refractivity (Wildman–Crippen MR) is 262 cm³/mol. The molecule has 10 aromatic carbocycles. The van der Waals surface area contributed by atoms with Crippen LogP contribution in [0.25, 0.3) is 49.4 Å². The van der Waals surface area contributed by atoms with Gasteiger partial charge >= 0.3 is 0 Å². The number of aromatic nitrogens is 1. The normalized spacial score (nSPS) is 11.6. The van der Waals surface area contributed by atoms with Crippen molar-refractivity contribution in [3.8, 4) is 16.8 Å². The number of fused-ring (bicyclic) bond motifs is 4. The first-order chi connectivity index (χ1) is 30.7. The highest BCUT2D eigenvalue weighted by atomic mass is 28.3. The van der Waals surface area contributed by atoms with Gasteiger partial charge in [0.05, 0.1) is 16.7 Å². The molecule has 0 unspecified atom stereocenters. The van der Waals surface area contributed by atoms with Gasteiger partial charge in [0.2, 0.25) is 0 Å². The van der Waals surface area contributed by atoms with Crippen LogP contribution in [-0.4, -0.2) is 12.6 Å². The average molecular weight is 813 g/mol. The van der Waals surface area contributed by atoms with Crippen molar-refractivity contribution in [3.05, 3.63) is 255 Å². The average Bonchev–Trinajstić information content (AvgIpc) is 3.67. The molecule has 0 aliphatic heterocycles. The molecule has 0 saturated heterocycles. The van der Waals surface area contributed by atoms with Gasteiger partial charge in [0.25, 0.3) is 0 Å². The Morgan fingerprint density at radius 2 is 0.855 bits per heavy atom. The molecule has 0 atom stereocenters.